The molecule has 0 bridgehead atoms. The van der Waals surface area contributed by atoms with Crippen molar-refractivity contribution in [1.29, 1.82) is 0 Å². The standard InChI is InChI=1S/C10H21NO2/c1-6-8(13)9(10(3,4)5)11-7(2)12/h7,9,11-12H,6H2,1-5H3. The first kappa shape index (κ1) is 12.6. The highest BCUT2D eigenvalue weighted by atomic mass is 16.3. The third-order valence-electron chi connectivity index (χ3n) is 1.94. The van der Waals surface area contributed by atoms with Crippen LogP contribution in [0.5, 0.6) is 0 Å². The van der Waals surface area contributed by atoms with Crippen LogP contribution in [0.4, 0.5) is 0 Å². The minimum absolute atomic E-state index is 0.147. The van der Waals surface area contributed by atoms with E-state index in [1.807, 2.05) is 27.7 Å². The fourth-order valence-corrected chi connectivity index (χ4v) is 1.27. The van der Waals surface area contributed by atoms with Gasteiger partial charge in [0.15, 0.2) is 0 Å². The van der Waals surface area contributed by atoms with Crippen molar-refractivity contribution < 1.29 is 9.90 Å². The molecule has 0 fully saturated rings. The highest BCUT2D eigenvalue weighted by molar-refractivity contribution is 5.84. The molecule has 0 aliphatic heterocycles. The molecule has 0 spiro atoms. The zero-order chi connectivity index (χ0) is 10.6. The molecule has 0 aromatic heterocycles. The van der Waals surface area contributed by atoms with Gasteiger partial charge in [-0.2, -0.15) is 0 Å². The number of ketones is 1. The summed E-state index contributed by atoms with van der Waals surface area (Å²) < 4.78 is 0. The second-order valence-corrected chi connectivity index (χ2v) is 4.46. The van der Waals surface area contributed by atoms with Crippen molar-refractivity contribution in [1.82, 2.24) is 5.32 Å². The first-order valence-electron chi connectivity index (χ1n) is 4.76. The molecule has 0 amide bonds. The summed E-state index contributed by atoms with van der Waals surface area (Å²) in [6, 6.07) is -0.266. The van der Waals surface area contributed by atoms with Gasteiger partial charge in [-0.3, -0.25) is 10.1 Å². The monoisotopic (exact) mass is 187 g/mol. The van der Waals surface area contributed by atoms with Gasteiger partial charge < -0.3 is 5.11 Å². The van der Waals surface area contributed by atoms with E-state index in [-0.39, 0.29) is 17.2 Å². The van der Waals surface area contributed by atoms with Crippen LogP contribution in [0.3, 0.4) is 0 Å². The maximum atomic E-state index is 11.5. The summed E-state index contributed by atoms with van der Waals surface area (Å²) in [5, 5.41) is 12.0. The van der Waals surface area contributed by atoms with E-state index in [1.54, 1.807) is 6.92 Å². The lowest BCUT2D eigenvalue weighted by Gasteiger charge is -2.31. The van der Waals surface area contributed by atoms with Gasteiger partial charge in [-0.15, -0.1) is 0 Å². The normalized spacial score (nSPS) is 16.8. The maximum Gasteiger partial charge on any atom is 0.150 e. The molecule has 0 saturated carbocycles. The van der Waals surface area contributed by atoms with Crippen LogP contribution >= 0.6 is 0 Å². The highest BCUT2D eigenvalue weighted by Gasteiger charge is 2.30. The summed E-state index contributed by atoms with van der Waals surface area (Å²) in [5.74, 6) is 0.147. The second kappa shape index (κ2) is 4.72. The SMILES string of the molecule is CCC(=O)C(NC(C)O)C(C)(C)C. The van der Waals surface area contributed by atoms with Crippen LogP contribution in [0, 0.1) is 5.41 Å². The molecule has 2 atom stereocenters. The lowest BCUT2D eigenvalue weighted by atomic mass is 9.83. The van der Waals surface area contributed by atoms with E-state index in [4.69, 9.17) is 5.11 Å². The Kier molecular flexibility index (Phi) is 4.57. The van der Waals surface area contributed by atoms with Gasteiger partial charge in [0, 0.05) is 6.42 Å². The van der Waals surface area contributed by atoms with Crippen LogP contribution in [0.25, 0.3) is 0 Å². The molecule has 3 nitrogen and oxygen atoms in total. The van der Waals surface area contributed by atoms with Crippen LogP contribution in [-0.4, -0.2) is 23.2 Å². The van der Waals surface area contributed by atoms with E-state index in [1.165, 1.54) is 0 Å². The summed E-state index contributed by atoms with van der Waals surface area (Å²) in [4.78, 5) is 11.5. The zero-order valence-electron chi connectivity index (χ0n) is 9.22. The van der Waals surface area contributed by atoms with Crippen LogP contribution in [-0.2, 0) is 4.79 Å². The van der Waals surface area contributed by atoms with E-state index in [9.17, 15) is 4.79 Å². The summed E-state index contributed by atoms with van der Waals surface area (Å²) in [6.07, 6.45) is -0.138. The Morgan fingerprint density at radius 3 is 2.15 bits per heavy atom. The Morgan fingerprint density at radius 2 is 1.92 bits per heavy atom. The largest absolute Gasteiger partial charge is 0.379 e. The van der Waals surface area contributed by atoms with Gasteiger partial charge in [-0.25, -0.2) is 0 Å². The molecule has 0 rings (SSSR count). The van der Waals surface area contributed by atoms with Crippen molar-refractivity contribution in [2.45, 2.75) is 53.3 Å². The molecule has 78 valence electrons. The van der Waals surface area contributed by atoms with Crippen LogP contribution < -0.4 is 5.32 Å². The van der Waals surface area contributed by atoms with E-state index < -0.39 is 6.23 Å². The Morgan fingerprint density at radius 1 is 1.46 bits per heavy atom. The van der Waals surface area contributed by atoms with E-state index in [0.717, 1.165) is 0 Å². The van der Waals surface area contributed by atoms with Crippen molar-refractivity contribution in [2.24, 2.45) is 5.41 Å². The first-order valence-corrected chi connectivity index (χ1v) is 4.76. The summed E-state index contributed by atoms with van der Waals surface area (Å²) >= 11 is 0. The minimum Gasteiger partial charge on any atom is -0.379 e. The van der Waals surface area contributed by atoms with Gasteiger partial charge in [-0.1, -0.05) is 27.7 Å². The van der Waals surface area contributed by atoms with Crippen molar-refractivity contribution >= 4 is 5.78 Å². The van der Waals surface area contributed by atoms with Crippen LogP contribution in [0.15, 0.2) is 0 Å². The molecule has 0 saturated heterocycles. The number of carbonyl (C=O) groups excluding carboxylic acids is 1. The van der Waals surface area contributed by atoms with E-state index in [0.29, 0.717) is 6.42 Å². The average molecular weight is 187 g/mol. The van der Waals surface area contributed by atoms with E-state index >= 15 is 0 Å². The Hall–Kier alpha value is -0.410. The molecular formula is C10H21NO2. The quantitative estimate of drug-likeness (QED) is 0.652. The molecule has 0 aromatic carbocycles. The first-order chi connectivity index (χ1) is 5.79. The Bertz CT molecular complexity index is 170. The van der Waals surface area contributed by atoms with Crippen molar-refractivity contribution in [3.63, 3.8) is 0 Å². The molecule has 0 radical (unpaired) electrons. The molecule has 13 heavy (non-hydrogen) atoms. The van der Waals surface area contributed by atoms with Gasteiger partial charge in [0.2, 0.25) is 0 Å². The number of aliphatic hydroxyl groups is 1. The van der Waals surface area contributed by atoms with Gasteiger partial charge in [-0.05, 0) is 12.3 Å². The fourth-order valence-electron chi connectivity index (χ4n) is 1.27. The third-order valence-corrected chi connectivity index (χ3v) is 1.94. The van der Waals surface area contributed by atoms with Crippen LogP contribution in [0.2, 0.25) is 0 Å². The smallest absolute Gasteiger partial charge is 0.150 e. The number of Topliss-reactive ketones (excluding diaryl/α,β-unsaturated/α-hetero) is 1. The molecule has 0 aliphatic carbocycles. The number of hydrogen-bond donors (Lipinski definition) is 2. The maximum absolute atomic E-state index is 11.5. The van der Waals surface area contributed by atoms with Crippen molar-refractivity contribution in [3.05, 3.63) is 0 Å². The molecule has 2 N–H and O–H groups in total. The zero-order valence-corrected chi connectivity index (χ0v) is 9.22. The lowest BCUT2D eigenvalue weighted by Crippen LogP contribution is -2.49. The lowest BCUT2D eigenvalue weighted by molar-refractivity contribution is -0.124. The van der Waals surface area contributed by atoms with Crippen molar-refractivity contribution in [2.75, 3.05) is 0 Å². The Labute approximate surface area is 80.5 Å². The fraction of sp³-hybridized carbons (Fsp3) is 0.900. The number of carbonyl (C=O) groups is 1. The predicted molar refractivity (Wildman–Crippen MR) is 53.4 cm³/mol. The molecule has 3 heteroatoms. The molecule has 0 aliphatic rings. The summed E-state index contributed by atoms with van der Waals surface area (Å²) in [5.41, 5.74) is -0.149. The van der Waals surface area contributed by atoms with Gasteiger partial charge in [0.25, 0.3) is 0 Å². The summed E-state index contributed by atoms with van der Waals surface area (Å²) in [6.45, 7) is 9.42. The molecule has 0 aromatic rings. The third kappa shape index (κ3) is 4.39. The van der Waals surface area contributed by atoms with Crippen LogP contribution in [0.1, 0.15) is 41.0 Å². The molecular weight excluding hydrogens is 166 g/mol. The summed E-state index contributed by atoms with van der Waals surface area (Å²) in [7, 11) is 0. The Balaban J connectivity index is 4.47. The molecule has 2 unspecified atom stereocenters. The number of hydrogen-bond acceptors (Lipinski definition) is 3. The van der Waals surface area contributed by atoms with Crippen molar-refractivity contribution in [3.8, 4) is 0 Å². The van der Waals surface area contributed by atoms with Gasteiger partial charge >= 0.3 is 0 Å². The number of nitrogens with one attached hydrogen (secondary N) is 1. The predicted octanol–water partition coefficient (Wildman–Crippen LogP) is 1.31. The van der Waals surface area contributed by atoms with Gasteiger partial charge in [0.1, 0.15) is 12.0 Å². The average Bonchev–Trinajstić information content (AvgIpc) is 1.96. The second-order valence-electron chi connectivity index (χ2n) is 4.46. The van der Waals surface area contributed by atoms with Gasteiger partial charge in [0.05, 0.1) is 6.04 Å². The molecule has 0 heterocycles. The van der Waals surface area contributed by atoms with E-state index in [2.05, 4.69) is 5.32 Å². The highest BCUT2D eigenvalue weighted by Crippen LogP contribution is 2.21. The number of aliphatic hydroxyl groups excluding tert-OH is 1. The topological polar surface area (TPSA) is 49.3 Å². The minimum atomic E-state index is -0.639. The number of rotatable bonds is 4.